The van der Waals surface area contributed by atoms with Gasteiger partial charge in [0, 0.05) is 6.54 Å². The Morgan fingerprint density at radius 1 is 0.882 bits per heavy atom. The first kappa shape index (κ1) is 25.7. The summed E-state index contributed by atoms with van der Waals surface area (Å²) in [6.07, 6.45) is 0.519. The Morgan fingerprint density at radius 3 is 2.15 bits per heavy atom. The smallest absolute Gasteiger partial charge is 0.243 e. The van der Waals surface area contributed by atoms with E-state index in [4.69, 9.17) is 0 Å². The predicted molar refractivity (Wildman–Crippen MR) is 137 cm³/mol. The molecule has 0 heterocycles. The third kappa shape index (κ3) is 6.33. The molecule has 5 nitrogen and oxygen atoms in total. The molecule has 6 heteroatoms. The number of carbonyl (C=O) groups excluding carboxylic acids is 1. The Balaban J connectivity index is 1.80. The molecule has 0 aliphatic rings. The molecule has 0 aromatic heterocycles. The van der Waals surface area contributed by atoms with Crippen LogP contribution in [0.3, 0.4) is 0 Å². The van der Waals surface area contributed by atoms with E-state index >= 15 is 0 Å². The van der Waals surface area contributed by atoms with E-state index in [9.17, 15) is 13.2 Å². The Labute approximate surface area is 203 Å². The van der Waals surface area contributed by atoms with Crippen molar-refractivity contribution in [1.29, 1.82) is 0 Å². The molecular formula is C28H34N2O3S. The molecule has 0 bridgehead atoms. The topological polar surface area (TPSA) is 66.5 Å². The molecule has 1 N–H and O–H groups in total. The highest BCUT2D eigenvalue weighted by Gasteiger charge is 2.27. The van der Waals surface area contributed by atoms with Crippen LogP contribution >= 0.6 is 0 Å². The van der Waals surface area contributed by atoms with Crippen molar-refractivity contribution in [2.45, 2.75) is 52.0 Å². The van der Waals surface area contributed by atoms with Crippen LogP contribution in [0.5, 0.6) is 0 Å². The average Bonchev–Trinajstić information content (AvgIpc) is 2.79. The van der Waals surface area contributed by atoms with Crippen molar-refractivity contribution in [3.05, 3.63) is 100 Å². The summed E-state index contributed by atoms with van der Waals surface area (Å²) in [6, 6.07) is 20.4. The number of hydrogen-bond donors (Lipinski definition) is 1. The summed E-state index contributed by atoms with van der Waals surface area (Å²) in [7, 11) is -3.83. The summed E-state index contributed by atoms with van der Waals surface area (Å²) in [4.78, 5) is 13.2. The van der Waals surface area contributed by atoms with E-state index in [2.05, 4.69) is 24.4 Å². The molecule has 34 heavy (non-hydrogen) atoms. The van der Waals surface area contributed by atoms with E-state index in [0.717, 1.165) is 27.8 Å². The third-order valence-corrected chi connectivity index (χ3v) is 8.06. The van der Waals surface area contributed by atoms with Gasteiger partial charge < -0.3 is 5.32 Å². The molecule has 0 aliphatic heterocycles. The Hall–Kier alpha value is -2.96. The molecule has 180 valence electrons. The Bertz CT molecular complexity index is 1240. The molecule has 0 aliphatic carbocycles. The van der Waals surface area contributed by atoms with Gasteiger partial charge in [-0.1, -0.05) is 60.2 Å². The molecule has 3 aromatic carbocycles. The SMILES string of the molecule is Cc1ccc(S(=O)(=O)N(CCc2ccccc2)CC(=O)N[C@H](C)c2cc(C)c(C)cc2C)cc1. The summed E-state index contributed by atoms with van der Waals surface area (Å²) >= 11 is 0. The number of aryl methyl sites for hydroxylation is 4. The van der Waals surface area contributed by atoms with E-state index in [1.165, 1.54) is 9.87 Å². The van der Waals surface area contributed by atoms with Crippen LogP contribution < -0.4 is 5.32 Å². The van der Waals surface area contributed by atoms with E-state index in [-0.39, 0.29) is 29.9 Å². The van der Waals surface area contributed by atoms with Crippen LogP contribution in [0.2, 0.25) is 0 Å². The van der Waals surface area contributed by atoms with E-state index < -0.39 is 10.0 Å². The summed E-state index contributed by atoms with van der Waals surface area (Å²) in [5, 5.41) is 3.00. The molecule has 0 saturated carbocycles. The Kier molecular flexibility index (Phi) is 8.28. The molecule has 3 aromatic rings. The van der Waals surface area contributed by atoms with Crippen LogP contribution in [0.4, 0.5) is 0 Å². The van der Waals surface area contributed by atoms with Gasteiger partial charge in [0.2, 0.25) is 15.9 Å². The van der Waals surface area contributed by atoms with Gasteiger partial charge in [-0.05, 0) is 81.0 Å². The van der Waals surface area contributed by atoms with Crippen molar-refractivity contribution in [1.82, 2.24) is 9.62 Å². The lowest BCUT2D eigenvalue weighted by Gasteiger charge is -2.24. The number of rotatable bonds is 9. The minimum Gasteiger partial charge on any atom is -0.348 e. The second-order valence-corrected chi connectivity index (χ2v) is 10.9. The van der Waals surface area contributed by atoms with Crippen molar-refractivity contribution in [2.75, 3.05) is 13.1 Å². The number of carbonyl (C=O) groups is 1. The second kappa shape index (κ2) is 11.0. The molecule has 0 radical (unpaired) electrons. The predicted octanol–water partition coefficient (Wildman–Crippen LogP) is 5.03. The van der Waals surface area contributed by atoms with Gasteiger partial charge in [-0.2, -0.15) is 4.31 Å². The number of amides is 1. The maximum absolute atomic E-state index is 13.4. The van der Waals surface area contributed by atoms with Crippen LogP contribution in [0.1, 0.15) is 46.3 Å². The minimum absolute atomic E-state index is 0.192. The average molecular weight is 479 g/mol. The van der Waals surface area contributed by atoms with Crippen LogP contribution in [0, 0.1) is 27.7 Å². The van der Waals surface area contributed by atoms with Gasteiger partial charge in [0.15, 0.2) is 0 Å². The first-order chi connectivity index (χ1) is 16.1. The van der Waals surface area contributed by atoms with Crippen molar-refractivity contribution >= 4 is 15.9 Å². The van der Waals surface area contributed by atoms with Crippen molar-refractivity contribution < 1.29 is 13.2 Å². The third-order valence-electron chi connectivity index (χ3n) is 6.20. The lowest BCUT2D eigenvalue weighted by atomic mass is 9.96. The molecule has 0 unspecified atom stereocenters. The maximum atomic E-state index is 13.4. The van der Waals surface area contributed by atoms with Gasteiger partial charge in [-0.3, -0.25) is 4.79 Å². The largest absolute Gasteiger partial charge is 0.348 e. The summed E-state index contributed by atoms with van der Waals surface area (Å²) in [5.41, 5.74) is 6.50. The fourth-order valence-electron chi connectivity index (χ4n) is 4.02. The van der Waals surface area contributed by atoms with Crippen molar-refractivity contribution in [3.8, 4) is 0 Å². The van der Waals surface area contributed by atoms with Crippen LogP contribution in [0.15, 0.2) is 71.6 Å². The normalized spacial score (nSPS) is 12.5. The highest BCUT2D eigenvalue weighted by atomic mass is 32.2. The standard InChI is InChI=1S/C28H34N2O3S/c1-20-11-13-26(14-12-20)34(32,33)30(16-15-25-9-7-6-8-10-25)19-28(31)29-24(5)27-18-22(3)21(2)17-23(27)4/h6-14,17-18,24H,15-16,19H2,1-5H3,(H,29,31)/t24-/m1/s1. The molecule has 1 amide bonds. The fraction of sp³-hybridized carbons (Fsp3) is 0.321. The second-order valence-electron chi connectivity index (χ2n) is 8.97. The highest BCUT2D eigenvalue weighted by molar-refractivity contribution is 7.89. The van der Waals surface area contributed by atoms with Gasteiger partial charge in [0.05, 0.1) is 17.5 Å². The zero-order chi connectivity index (χ0) is 24.9. The van der Waals surface area contributed by atoms with E-state index in [1.807, 2.05) is 58.0 Å². The molecule has 1 atom stereocenters. The quantitative estimate of drug-likeness (QED) is 0.469. The summed E-state index contributed by atoms with van der Waals surface area (Å²) < 4.78 is 28.2. The maximum Gasteiger partial charge on any atom is 0.243 e. The first-order valence-electron chi connectivity index (χ1n) is 11.6. The number of hydrogen-bond acceptors (Lipinski definition) is 3. The fourth-order valence-corrected chi connectivity index (χ4v) is 5.41. The summed E-state index contributed by atoms with van der Waals surface area (Å²) in [5.74, 6) is -0.325. The van der Waals surface area contributed by atoms with Gasteiger partial charge >= 0.3 is 0 Å². The number of nitrogens with one attached hydrogen (secondary N) is 1. The Morgan fingerprint density at radius 2 is 1.50 bits per heavy atom. The van der Waals surface area contributed by atoms with Gasteiger partial charge in [-0.15, -0.1) is 0 Å². The zero-order valence-corrected chi connectivity index (χ0v) is 21.4. The van der Waals surface area contributed by atoms with Gasteiger partial charge in [-0.25, -0.2) is 8.42 Å². The highest BCUT2D eigenvalue weighted by Crippen LogP contribution is 2.22. The summed E-state index contributed by atoms with van der Waals surface area (Å²) in [6.45, 7) is 9.95. The minimum atomic E-state index is -3.83. The van der Waals surface area contributed by atoms with E-state index in [1.54, 1.807) is 24.3 Å². The molecular weight excluding hydrogens is 444 g/mol. The van der Waals surface area contributed by atoms with Crippen molar-refractivity contribution in [3.63, 3.8) is 0 Å². The van der Waals surface area contributed by atoms with Gasteiger partial charge in [0.25, 0.3) is 0 Å². The molecule has 0 saturated heterocycles. The molecule has 0 fully saturated rings. The zero-order valence-electron chi connectivity index (χ0n) is 20.6. The van der Waals surface area contributed by atoms with Crippen LogP contribution in [0.25, 0.3) is 0 Å². The van der Waals surface area contributed by atoms with Crippen molar-refractivity contribution in [2.24, 2.45) is 0 Å². The van der Waals surface area contributed by atoms with Gasteiger partial charge in [0.1, 0.15) is 0 Å². The lowest BCUT2D eigenvalue weighted by Crippen LogP contribution is -2.42. The first-order valence-corrected chi connectivity index (χ1v) is 13.0. The number of benzene rings is 3. The number of nitrogens with zero attached hydrogens (tertiary/aromatic N) is 1. The van der Waals surface area contributed by atoms with Crippen LogP contribution in [-0.4, -0.2) is 31.7 Å². The number of sulfonamides is 1. The molecule has 0 spiro atoms. The molecule has 3 rings (SSSR count). The van der Waals surface area contributed by atoms with Crippen LogP contribution in [-0.2, 0) is 21.2 Å². The lowest BCUT2D eigenvalue weighted by molar-refractivity contribution is -0.121. The monoisotopic (exact) mass is 478 g/mol. The van der Waals surface area contributed by atoms with E-state index in [0.29, 0.717) is 6.42 Å².